The Morgan fingerprint density at radius 1 is 1.12 bits per heavy atom. The minimum absolute atomic E-state index is 0.376. The van der Waals surface area contributed by atoms with Gasteiger partial charge in [0, 0.05) is 15.7 Å². The molecule has 0 unspecified atom stereocenters. The van der Waals surface area contributed by atoms with E-state index in [4.69, 9.17) is 4.74 Å². The number of amides is 2. The first-order valence-corrected chi connectivity index (χ1v) is 9.16. The zero-order chi connectivity index (χ0) is 17.6. The second kappa shape index (κ2) is 8.09. The van der Waals surface area contributed by atoms with Crippen LogP contribution in [0.5, 0.6) is 5.75 Å². The lowest BCUT2D eigenvalue weighted by molar-refractivity contribution is 0.262. The number of carbonyl (C=O) groups is 1. The maximum Gasteiger partial charge on any atom is 0.325 e. The Labute approximate surface area is 157 Å². The number of urea groups is 1. The van der Waals surface area contributed by atoms with E-state index in [0.717, 1.165) is 20.8 Å². The van der Waals surface area contributed by atoms with Crippen LogP contribution in [-0.4, -0.2) is 22.8 Å². The average Bonchev–Trinajstić information content (AvgIpc) is 3.05. The molecule has 0 aliphatic heterocycles. The first-order chi connectivity index (χ1) is 12.2. The lowest BCUT2D eigenvalue weighted by Crippen LogP contribution is -2.19. The van der Waals surface area contributed by atoms with Gasteiger partial charge in [0.15, 0.2) is 5.01 Å². The van der Waals surface area contributed by atoms with Crippen molar-refractivity contribution in [2.45, 2.75) is 6.92 Å². The topological polar surface area (TPSA) is 76.1 Å². The summed E-state index contributed by atoms with van der Waals surface area (Å²) in [6.07, 6.45) is 0. The number of carbonyl (C=O) groups excluding carboxylic acids is 1. The number of halogens is 1. The molecule has 8 heteroatoms. The third-order valence-electron chi connectivity index (χ3n) is 3.17. The van der Waals surface area contributed by atoms with Crippen molar-refractivity contribution in [3.63, 3.8) is 0 Å². The Kier molecular flexibility index (Phi) is 5.62. The van der Waals surface area contributed by atoms with Crippen molar-refractivity contribution < 1.29 is 9.53 Å². The predicted octanol–water partition coefficient (Wildman–Crippen LogP) is 5.01. The largest absolute Gasteiger partial charge is 0.494 e. The summed E-state index contributed by atoms with van der Waals surface area (Å²) in [4.78, 5) is 12.1. The molecule has 0 saturated carbocycles. The molecule has 1 heterocycles. The van der Waals surface area contributed by atoms with Gasteiger partial charge < -0.3 is 10.1 Å². The molecule has 1 aromatic heterocycles. The summed E-state index contributed by atoms with van der Waals surface area (Å²) in [6, 6.07) is 14.5. The van der Waals surface area contributed by atoms with Gasteiger partial charge in [0.25, 0.3) is 0 Å². The molecular weight excluding hydrogens is 404 g/mol. The van der Waals surface area contributed by atoms with Gasteiger partial charge in [-0.25, -0.2) is 4.79 Å². The van der Waals surface area contributed by atoms with E-state index in [-0.39, 0.29) is 6.03 Å². The molecule has 3 rings (SSSR count). The van der Waals surface area contributed by atoms with Crippen LogP contribution in [-0.2, 0) is 0 Å². The van der Waals surface area contributed by atoms with E-state index in [1.54, 1.807) is 24.3 Å². The van der Waals surface area contributed by atoms with Gasteiger partial charge in [-0.1, -0.05) is 45.5 Å². The summed E-state index contributed by atoms with van der Waals surface area (Å²) < 4.78 is 6.29. The number of anilines is 2. The van der Waals surface area contributed by atoms with Crippen LogP contribution in [0.25, 0.3) is 10.6 Å². The second-order valence-corrected chi connectivity index (χ2v) is 6.76. The summed E-state index contributed by atoms with van der Waals surface area (Å²) in [7, 11) is 0. The Hall–Kier alpha value is -2.45. The quantitative estimate of drug-likeness (QED) is 0.610. The molecule has 6 nitrogen and oxygen atoms in total. The molecule has 2 aromatic carbocycles. The molecule has 0 bridgehead atoms. The Bertz CT molecular complexity index is 867. The highest BCUT2D eigenvalue weighted by Crippen LogP contribution is 2.31. The highest BCUT2D eigenvalue weighted by Gasteiger charge is 2.11. The molecule has 128 valence electrons. The second-order valence-electron chi connectivity index (χ2n) is 4.93. The van der Waals surface area contributed by atoms with Crippen molar-refractivity contribution in [1.29, 1.82) is 0 Å². The van der Waals surface area contributed by atoms with Crippen LogP contribution < -0.4 is 15.4 Å². The first kappa shape index (κ1) is 17.4. The third-order valence-corrected chi connectivity index (χ3v) is 4.74. The summed E-state index contributed by atoms with van der Waals surface area (Å²) >= 11 is 4.79. The molecular formula is C17H15BrN4O2S. The first-order valence-electron chi connectivity index (χ1n) is 7.55. The van der Waals surface area contributed by atoms with Crippen LogP contribution in [0.15, 0.2) is 53.0 Å². The van der Waals surface area contributed by atoms with Crippen LogP contribution >= 0.6 is 27.3 Å². The molecule has 25 heavy (non-hydrogen) atoms. The molecule has 3 aromatic rings. The summed E-state index contributed by atoms with van der Waals surface area (Å²) in [5.74, 6) is 0.760. The van der Waals surface area contributed by atoms with Gasteiger partial charge >= 0.3 is 6.03 Å². The molecule has 0 radical (unpaired) electrons. The van der Waals surface area contributed by atoms with E-state index in [1.165, 1.54) is 11.3 Å². The van der Waals surface area contributed by atoms with Crippen molar-refractivity contribution >= 4 is 44.1 Å². The van der Waals surface area contributed by atoms with Crippen LogP contribution in [0.3, 0.4) is 0 Å². The molecule has 0 aliphatic rings. The van der Waals surface area contributed by atoms with Gasteiger partial charge in [0.2, 0.25) is 5.13 Å². The molecule has 0 saturated heterocycles. The van der Waals surface area contributed by atoms with Crippen LogP contribution in [0.4, 0.5) is 15.6 Å². The minimum atomic E-state index is -0.376. The predicted molar refractivity (Wildman–Crippen MR) is 103 cm³/mol. The standard InChI is InChI=1S/C17H15BrN4O2S/c1-2-24-12-9-7-11(8-10-12)19-16(23)20-17-22-21-15(25-17)13-5-3-4-6-14(13)18/h3-10H,2H2,1H3,(H2,19,20,22,23). The number of rotatable bonds is 5. The number of aromatic nitrogens is 2. The van der Waals surface area contributed by atoms with E-state index < -0.39 is 0 Å². The zero-order valence-electron chi connectivity index (χ0n) is 13.3. The third kappa shape index (κ3) is 4.55. The lowest BCUT2D eigenvalue weighted by Gasteiger charge is -2.06. The summed E-state index contributed by atoms with van der Waals surface area (Å²) in [6.45, 7) is 2.52. The molecule has 2 amide bonds. The van der Waals surface area contributed by atoms with E-state index >= 15 is 0 Å². The van der Waals surface area contributed by atoms with Crippen molar-refractivity contribution in [3.8, 4) is 16.3 Å². The maximum atomic E-state index is 12.1. The smallest absolute Gasteiger partial charge is 0.325 e. The van der Waals surface area contributed by atoms with Gasteiger partial charge in [-0.2, -0.15) is 0 Å². The number of hydrogen-bond acceptors (Lipinski definition) is 5. The van der Waals surface area contributed by atoms with Crippen LogP contribution in [0, 0.1) is 0 Å². The van der Waals surface area contributed by atoms with Gasteiger partial charge in [-0.05, 0) is 37.3 Å². The van der Waals surface area contributed by atoms with Crippen molar-refractivity contribution in [3.05, 3.63) is 53.0 Å². The van der Waals surface area contributed by atoms with Crippen molar-refractivity contribution in [1.82, 2.24) is 10.2 Å². The summed E-state index contributed by atoms with van der Waals surface area (Å²) in [5, 5.41) is 14.7. The Morgan fingerprint density at radius 3 is 2.60 bits per heavy atom. The number of hydrogen-bond donors (Lipinski definition) is 2. The van der Waals surface area contributed by atoms with Gasteiger partial charge in [0.1, 0.15) is 5.75 Å². The maximum absolute atomic E-state index is 12.1. The fourth-order valence-electron chi connectivity index (χ4n) is 2.08. The highest BCUT2D eigenvalue weighted by molar-refractivity contribution is 9.10. The number of nitrogens with one attached hydrogen (secondary N) is 2. The molecule has 0 aliphatic carbocycles. The molecule has 0 fully saturated rings. The van der Waals surface area contributed by atoms with Gasteiger partial charge in [-0.15, -0.1) is 10.2 Å². The average molecular weight is 419 g/mol. The van der Waals surface area contributed by atoms with E-state index in [0.29, 0.717) is 17.4 Å². The number of ether oxygens (including phenoxy) is 1. The SMILES string of the molecule is CCOc1ccc(NC(=O)Nc2nnc(-c3ccccc3Br)s2)cc1. The van der Waals surface area contributed by atoms with Gasteiger partial charge in [0.05, 0.1) is 6.61 Å². The van der Waals surface area contributed by atoms with Crippen LogP contribution in [0.1, 0.15) is 6.92 Å². The Morgan fingerprint density at radius 2 is 1.88 bits per heavy atom. The van der Waals surface area contributed by atoms with E-state index in [1.807, 2.05) is 31.2 Å². The monoisotopic (exact) mass is 418 g/mol. The minimum Gasteiger partial charge on any atom is -0.494 e. The fourth-order valence-corrected chi connectivity index (χ4v) is 3.46. The summed E-state index contributed by atoms with van der Waals surface area (Å²) in [5.41, 5.74) is 1.59. The highest BCUT2D eigenvalue weighted by atomic mass is 79.9. The van der Waals surface area contributed by atoms with Crippen molar-refractivity contribution in [2.75, 3.05) is 17.2 Å². The fraction of sp³-hybridized carbons (Fsp3) is 0.118. The van der Waals surface area contributed by atoms with Crippen molar-refractivity contribution in [2.24, 2.45) is 0 Å². The van der Waals surface area contributed by atoms with E-state index in [9.17, 15) is 4.79 Å². The molecule has 0 spiro atoms. The molecule has 0 atom stereocenters. The molecule has 2 N–H and O–H groups in total. The number of benzene rings is 2. The van der Waals surface area contributed by atoms with Crippen LogP contribution in [0.2, 0.25) is 0 Å². The zero-order valence-corrected chi connectivity index (χ0v) is 15.7. The van der Waals surface area contributed by atoms with Gasteiger partial charge in [-0.3, -0.25) is 5.32 Å². The van der Waals surface area contributed by atoms with E-state index in [2.05, 4.69) is 36.8 Å². The Balaban J connectivity index is 1.63. The number of nitrogens with zero attached hydrogens (tertiary/aromatic N) is 2. The lowest BCUT2D eigenvalue weighted by atomic mass is 10.2. The normalized spacial score (nSPS) is 10.3.